The first kappa shape index (κ1) is 18.3. The van der Waals surface area contributed by atoms with Gasteiger partial charge in [-0.3, -0.25) is 9.59 Å². The van der Waals surface area contributed by atoms with E-state index in [9.17, 15) is 22.8 Å². The maximum atomic E-state index is 12.8. The zero-order chi connectivity index (χ0) is 18.1. The fourth-order valence-electron chi connectivity index (χ4n) is 2.70. The molecular weight excluding hydrogens is 321 g/mol. The number of rotatable bonds is 4. The van der Waals surface area contributed by atoms with Crippen LogP contribution in [0.25, 0.3) is 0 Å². The molecule has 1 unspecified atom stereocenters. The second-order valence-electron chi connectivity index (χ2n) is 6.42. The Morgan fingerprint density at radius 2 is 2.04 bits per heavy atom. The highest BCUT2D eigenvalue weighted by Gasteiger charge is 2.36. The van der Waals surface area contributed by atoms with Gasteiger partial charge in [0, 0.05) is 32.6 Å². The zero-order valence-corrected chi connectivity index (χ0v) is 13.9. The molecule has 1 fully saturated rings. The normalized spacial score (nSPS) is 18.4. The Balaban J connectivity index is 2.07. The van der Waals surface area contributed by atoms with Gasteiger partial charge in [-0.1, -0.05) is 12.1 Å². The molecule has 0 saturated carbocycles. The number of benzene rings is 1. The second-order valence-corrected chi connectivity index (χ2v) is 6.42. The Morgan fingerprint density at radius 1 is 1.38 bits per heavy atom. The molecule has 132 valence electrons. The highest BCUT2D eigenvalue weighted by molar-refractivity contribution is 5.89. The minimum absolute atomic E-state index is 0.0325. The van der Waals surface area contributed by atoms with Crippen LogP contribution in [0.2, 0.25) is 0 Å². The van der Waals surface area contributed by atoms with E-state index in [1.165, 1.54) is 11.0 Å². The molecule has 0 aromatic heterocycles. The van der Waals surface area contributed by atoms with Gasteiger partial charge in [0.1, 0.15) is 0 Å². The van der Waals surface area contributed by atoms with Crippen LogP contribution in [-0.2, 0) is 22.3 Å². The lowest BCUT2D eigenvalue weighted by molar-refractivity contribution is -0.137. The van der Waals surface area contributed by atoms with E-state index < -0.39 is 17.7 Å². The highest BCUT2D eigenvalue weighted by Crippen LogP contribution is 2.30. The summed E-state index contributed by atoms with van der Waals surface area (Å²) in [6.45, 7) is 4.09. The molecule has 24 heavy (non-hydrogen) atoms. The number of alkyl halides is 3. The molecule has 1 aromatic carbocycles. The van der Waals surface area contributed by atoms with Gasteiger partial charge in [-0.2, -0.15) is 13.2 Å². The second kappa shape index (κ2) is 6.83. The first-order chi connectivity index (χ1) is 11.1. The summed E-state index contributed by atoms with van der Waals surface area (Å²) in [5, 5.41) is 0. The molecule has 0 aliphatic carbocycles. The summed E-state index contributed by atoms with van der Waals surface area (Å²) in [4.78, 5) is 27.5. The van der Waals surface area contributed by atoms with E-state index in [1.54, 1.807) is 18.0 Å². The van der Waals surface area contributed by atoms with Crippen molar-refractivity contribution in [2.24, 2.45) is 5.92 Å². The summed E-state index contributed by atoms with van der Waals surface area (Å²) in [5.41, 5.74) is -0.331. The molecule has 2 amide bonds. The zero-order valence-electron chi connectivity index (χ0n) is 13.9. The third kappa shape index (κ3) is 4.07. The summed E-state index contributed by atoms with van der Waals surface area (Å²) >= 11 is 0. The smallest absolute Gasteiger partial charge is 0.343 e. The van der Waals surface area contributed by atoms with Gasteiger partial charge in [-0.15, -0.1) is 0 Å². The standard InChI is InChI=1S/C17H21F3N2O2/c1-11(2)21(3)16(24)13-8-15(23)22(10-13)9-12-5-4-6-14(7-12)17(18,19)20/h4-7,11,13H,8-10H2,1-3H3. The van der Waals surface area contributed by atoms with Crippen molar-refractivity contribution in [3.8, 4) is 0 Å². The largest absolute Gasteiger partial charge is 0.416 e. The van der Waals surface area contributed by atoms with Crippen molar-refractivity contribution >= 4 is 11.8 Å². The molecule has 0 spiro atoms. The Labute approximate surface area is 139 Å². The maximum absolute atomic E-state index is 12.8. The number of hydrogen-bond donors (Lipinski definition) is 0. The lowest BCUT2D eigenvalue weighted by Crippen LogP contribution is -2.38. The van der Waals surface area contributed by atoms with Crippen molar-refractivity contribution in [1.82, 2.24) is 9.80 Å². The molecule has 1 aromatic rings. The lowest BCUT2D eigenvalue weighted by atomic mass is 10.1. The number of halogens is 3. The van der Waals surface area contributed by atoms with Crippen LogP contribution in [0.5, 0.6) is 0 Å². The SMILES string of the molecule is CC(C)N(C)C(=O)C1CC(=O)N(Cc2cccc(C(F)(F)F)c2)C1. The van der Waals surface area contributed by atoms with Crippen molar-refractivity contribution in [3.05, 3.63) is 35.4 Å². The summed E-state index contributed by atoms with van der Waals surface area (Å²) in [6.07, 6.45) is -4.31. The molecule has 2 rings (SSSR count). The molecule has 0 radical (unpaired) electrons. The first-order valence-corrected chi connectivity index (χ1v) is 7.80. The van der Waals surface area contributed by atoms with Crippen molar-refractivity contribution < 1.29 is 22.8 Å². The van der Waals surface area contributed by atoms with Crippen LogP contribution in [-0.4, -0.2) is 41.2 Å². The Morgan fingerprint density at radius 3 is 2.62 bits per heavy atom. The first-order valence-electron chi connectivity index (χ1n) is 7.80. The van der Waals surface area contributed by atoms with Crippen LogP contribution in [0.4, 0.5) is 13.2 Å². The third-order valence-electron chi connectivity index (χ3n) is 4.31. The van der Waals surface area contributed by atoms with Crippen molar-refractivity contribution in [1.29, 1.82) is 0 Å². The van der Waals surface area contributed by atoms with E-state index in [0.29, 0.717) is 5.56 Å². The molecule has 1 saturated heterocycles. The summed E-state index contributed by atoms with van der Waals surface area (Å²) in [5.74, 6) is -0.747. The van der Waals surface area contributed by atoms with Crippen molar-refractivity contribution in [2.45, 2.75) is 39.0 Å². The van der Waals surface area contributed by atoms with Gasteiger partial charge >= 0.3 is 6.18 Å². The number of carbonyl (C=O) groups is 2. The number of hydrogen-bond acceptors (Lipinski definition) is 2. The van der Waals surface area contributed by atoms with Gasteiger partial charge in [0.15, 0.2) is 0 Å². The molecule has 0 N–H and O–H groups in total. The fraction of sp³-hybridized carbons (Fsp3) is 0.529. The van der Waals surface area contributed by atoms with Crippen LogP contribution in [0, 0.1) is 5.92 Å². The number of carbonyl (C=O) groups excluding carboxylic acids is 2. The monoisotopic (exact) mass is 342 g/mol. The average Bonchev–Trinajstić information content (AvgIpc) is 2.86. The van der Waals surface area contributed by atoms with Gasteiger partial charge < -0.3 is 9.80 Å². The number of likely N-dealkylation sites (tertiary alicyclic amines) is 1. The summed E-state index contributed by atoms with van der Waals surface area (Å²) in [6, 6.07) is 4.96. The van der Waals surface area contributed by atoms with E-state index >= 15 is 0 Å². The van der Waals surface area contributed by atoms with Gasteiger partial charge in [0.05, 0.1) is 11.5 Å². The third-order valence-corrected chi connectivity index (χ3v) is 4.31. The Kier molecular flexibility index (Phi) is 5.20. The van der Waals surface area contributed by atoms with E-state index in [4.69, 9.17) is 0 Å². The van der Waals surface area contributed by atoms with Gasteiger partial charge in [0.2, 0.25) is 11.8 Å². The highest BCUT2D eigenvalue weighted by atomic mass is 19.4. The van der Waals surface area contributed by atoms with Gasteiger partial charge in [-0.25, -0.2) is 0 Å². The molecule has 1 atom stereocenters. The summed E-state index contributed by atoms with van der Waals surface area (Å²) < 4.78 is 38.3. The predicted octanol–water partition coefficient (Wildman–Crippen LogP) is 2.92. The van der Waals surface area contributed by atoms with Crippen LogP contribution in [0.3, 0.4) is 0 Å². The van der Waals surface area contributed by atoms with E-state index in [1.807, 2.05) is 13.8 Å². The minimum atomic E-state index is -4.41. The quantitative estimate of drug-likeness (QED) is 0.844. The number of amides is 2. The summed E-state index contributed by atoms with van der Waals surface area (Å²) in [7, 11) is 1.69. The molecule has 1 heterocycles. The van der Waals surface area contributed by atoms with E-state index in [2.05, 4.69) is 0 Å². The molecule has 1 aliphatic heterocycles. The fourth-order valence-corrected chi connectivity index (χ4v) is 2.70. The van der Waals surface area contributed by atoms with Crippen LogP contribution in [0.15, 0.2) is 24.3 Å². The maximum Gasteiger partial charge on any atom is 0.416 e. The Bertz CT molecular complexity index is 629. The van der Waals surface area contributed by atoms with E-state index in [-0.39, 0.29) is 37.4 Å². The Hall–Kier alpha value is -2.05. The molecular formula is C17H21F3N2O2. The predicted molar refractivity (Wildman–Crippen MR) is 82.9 cm³/mol. The molecule has 0 bridgehead atoms. The van der Waals surface area contributed by atoms with Crippen molar-refractivity contribution in [2.75, 3.05) is 13.6 Å². The van der Waals surface area contributed by atoms with Gasteiger partial charge in [0.25, 0.3) is 0 Å². The minimum Gasteiger partial charge on any atom is -0.343 e. The van der Waals surface area contributed by atoms with Crippen LogP contribution < -0.4 is 0 Å². The van der Waals surface area contributed by atoms with Crippen molar-refractivity contribution in [3.63, 3.8) is 0 Å². The molecule has 7 heteroatoms. The topological polar surface area (TPSA) is 40.6 Å². The average molecular weight is 342 g/mol. The molecule has 4 nitrogen and oxygen atoms in total. The number of nitrogens with zero attached hydrogens (tertiary/aromatic N) is 2. The lowest BCUT2D eigenvalue weighted by Gasteiger charge is -2.24. The van der Waals surface area contributed by atoms with Crippen LogP contribution in [0.1, 0.15) is 31.4 Å². The van der Waals surface area contributed by atoms with Gasteiger partial charge in [-0.05, 0) is 31.5 Å². The van der Waals surface area contributed by atoms with Crippen LogP contribution >= 0.6 is 0 Å². The molecule has 1 aliphatic rings. The van der Waals surface area contributed by atoms with E-state index in [0.717, 1.165) is 12.1 Å².